The molecule has 2 saturated carbocycles. The van der Waals surface area contributed by atoms with Crippen molar-refractivity contribution in [3.63, 3.8) is 0 Å². The molecule has 8 atom stereocenters. The van der Waals surface area contributed by atoms with Gasteiger partial charge < -0.3 is 23.7 Å². The van der Waals surface area contributed by atoms with Gasteiger partial charge in [0.25, 0.3) is 0 Å². The van der Waals surface area contributed by atoms with Gasteiger partial charge in [-0.15, -0.1) is 0 Å². The van der Waals surface area contributed by atoms with Crippen LogP contribution < -0.4 is 0 Å². The molecule has 230 valence electrons. The minimum Gasteiger partial charge on any atom is -0.459 e. The maximum Gasteiger partial charge on any atom is 0.338 e. The predicted octanol–water partition coefficient (Wildman–Crippen LogP) is 5.79. The van der Waals surface area contributed by atoms with Crippen molar-refractivity contribution in [2.45, 2.75) is 90.0 Å². The average Bonchev–Trinajstić information content (AvgIpc) is 3.13. The summed E-state index contributed by atoms with van der Waals surface area (Å²) in [5.41, 5.74) is -1.34. The zero-order valence-corrected chi connectivity index (χ0v) is 25.8. The van der Waals surface area contributed by atoms with Crippen LogP contribution in [-0.2, 0) is 33.3 Å². The first-order valence-electron chi connectivity index (χ1n) is 15.0. The fourth-order valence-corrected chi connectivity index (χ4v) is 7.91. The Bertz CT molecular complexity index is 1350. The summed E-state index contributed by atoms with van der Waals surface area (Å²) in [5, 5.41) is 0. The number of carbonyl (C=O) groups excluding carboxylic acids is 3. The first kappa shape index (κ1) is 31.0. The maximum absolute atomic E-state index is 13.3. The molecular weight excluding hydrogens is 548 g/mol. The Kier molecular flexibility index (Phi) is 8.56. The fraction of sp³-hybridized carbons (Fsp3) is 0.514. The van der Waals surface area contributed by atoms with Gasteiger partial charge in [0.05, 0.1) is 29.3 Å². The molecule has 5 rings (SSSR count). The van der Waals surface area contributed by atoms with Crippen molar-refractivity contribution < 1.29 is 38.1 Å². The zero-order chi connectivity index (χ0) is 31.0. The summed E-state index contributed by atoms with van der Waals surface area (Å²) in [4.78, 5) is 38.5. The molecule has 2 aliphatic carbocycles. The van der Waals surface area contributed by atoms with E-state index in [1.165, 1.54) is 13.8 Å². The number of hydrogen-bond acceptors (Lipinski definition) is 8. The highest BCUT2D eigenvalue weighted by atomic mass is 16.6. The van der Waals surface area contributed by atoms with Gasteiger partial charge >= 0.3 is 17.9 Å². The molecule has 0 radical (unpaired) electrons. The summed E-state index contributed by atoms with van der Waals surface area (Å²) < 4.78 is 32.0. The van der Waals surface area contributed by atoms with Crippen molar-refractivity contribution >= 4 is 24.0 Å². The largest absolute Gasteiger partial charge is 0.459 e. The van der Waals surface area contributed by atoms with Gasteiger partial charge in [0.2, 0.25) is 0 Å². The van der Waals surface area contributed by atoms with Gasteiger partial charge in [-0.05, 0) is 50.3 Å². The van der Waals surface area contributed by atoms with E-state index in [0.29, 0.717) is 25.0 Å². The molecule has 3 aliphatic rings. The topological polar surface area (TPSA) is 97.4 Å². The van der Waals surface area contributed by atoms with Crippen LogP contribution >= 0.6 is 0 Å². The van der Waals surface area contributed by atoms with Crippen LogP contribution in [0.5, 0.6) is 0 Å². The molecule has 2 aromatic rings. The van der Waals surface area contributed by atoms with E-state index in [9.17, 15) is 14.4 Å². The smallest absolute Gasteiger partial charge is 0.338 e. The summed E-state index contributed by atoms with van der Waals surface area (Å²) >= 11 is 0. The van der Waals surface area contributed by atoms with E-state index < -0.39 is 58.9 Å². The van der Waals surface area contributed by atoms with E-state index in [-0.39, 0.29) is 11.8 Å². The second-order valence-corrected chi connectivity index (χ2v) is 12.8. The van der Waals surface area contributed by atoms with Crippen LogP contribution in [0, 0.1) is 17.3 Å². The molecule has 2 bridgehead atoms. The Morgan fingerprint density at radius 3 is 2.09 bits per heavy atom. The van der Waals surface area contributed by atoms with Crippen LogP contribution in [0.2, 0.25) is 0 Å². The Morgan fingerprint density at radius 1 is 0.860 bits per heavy atom. The molecule has 0 aromatic heterocycles. The van der Waals surface area contributed by atoms with E-state index in [4.69, 9.17) is 23.7 Å². The lowest BCUT2D eigenvalue weighted by molar-refractivity contribution is -0.307. The lowest BCUT2D eigenvalue weighted by atomic mass is 9.48. The first-order chi connectivity index (χ1) is 20.4. The Morgan fingerprint density at radius 2 is 1.47 bits per heavy atom. The van der Waals surface area contributed by atoms with Crippen molar-refractivity contribution in [2.24, 2.45) is 17.3 Å². The zero-order valence-electron chi connectivity index (χ0n) is 25.8. The van der Waals surface area contributed by atoms with E-state index >= 15 is 0 Å². The fourth-order valence-electron chi connectivity index (χ4n) is 7.91. The minimum absolute atomic E-state index is 0.170. The maximum atomic E-state index is 13.3. The van der Waals surface area contributed by atoms with Crippen LogP contribution in [0.15, 0.2) is 66.7 Å². The molecule has 0 amide bonds. The van der Waals surface area contributed by atoms with Crippen LogP contribution in [-0.4, -0.2) is 60.1 Å². The number of rotatable bonds is 8. The highest BCUT2D eigenvalue weighted by Crippen LogP contribution is 2.67. The molecule has 8 nitrogen and oxygen atoms in total. The number of esters is 3. The number of benzene rings is 2. The Labute approximate surface area is 253 Å². The molecule has 1 aliphatic heterocycles. The average molecular weight is 591 g/mol. The van der Waals surface area contributed by atoms with E-state index in [2.05, 4.69) is 0 Å². The lowest BCUT2D eigenvalue weighted by Crippen LogP contribution is -2.76. The molecular formula is C35H42O8. The van der Waals surface area contributed by atoms with Crippen molar-refractivity contribution in [3.8, 4) is 0 Å². The number of carbonyl (C=O) groups is 3. The van der Waals surface area contributed by atoms with Gasteiger partial charge in [-0.1, -0.05) is 74.5 Å². The van der Waals surface area contributed by atoms with Crippen LogP contribution in [0.3, 0.4) is 0 Å². The highest BCUT2D eigenvalue weighted by molar-refractivity contribution is 5.89. The van der Waals surface area contributed by atoms with Crippen molar-refractivity contribution in [1.82, 2.24) is 0 Å². The van der Waals surface area contributed by atoms with Gasteiger partial charge in [0.15, 0.2) is 0 Å². The van der Waals surface area contributed by atoms with Gasteiger partial charge in [0.1, 0.15) is 23.9 Å². The molecule has 1 spiro atoms. The quantitative estimate of drug-likeness (QED) is 0.282. The summed E-state index contributed by atoms with van der Waals surface area (Å²) in [6, 6.07) is 18.7. The van der Waals surface area contributed by atoms with Crippen LogP contribution in [0.25, 0.3) is 6.08 Å². The molecule has 0 unspecified atom stereocenters. The van der Waals surface area contributed by atoms with Crippen LogP contribution in [0.4, 0.5) is 0 Å². The molecule has 43 heavy (non-hydrogen) atoms. The molecule has 0 N–H and O–H groups in total. The van der Waals surface area contributed by atoms with Crippen molar-refractivity contribution in [1.29, 1.82) is 0 Å². The highest BCUT2D eigenvalue weighted by Gasteiger charge is 2.80. The van der Waals surface area contributed by atoms with Gasteiger partial charge in [-0.25, -0.2) is 4.79 Å². The third kappa shape index (κ3) is 5.51. The molecule has 8 heteroatoms. The molecule has 2 aromatic carbocycles. The number of ether oxygens (including phenoxy) is 5. The second kappa shape index (κ2) is 11.9. The molecule has 1 saturated heterocycles. The van der Waals surface area contributed by atoms with Crippen LogP contribution in [0.1, 0.15) is 70.3 Å². The van der Waals surface area contributed by atoms with Gasteiger partial charge in [-0.3, -0.25) is 9.59 Å². The van der Waals surface area contributed by atoms with E-state index in [0.717, 1.165) is 5.56 Å². The van der Waals surface area contributed by atoms with E-state index in [1.54, 1.807) is 24.3 Å². The monoisotopic (exact) mass is 590 g/mol. The lowest BCUT2D eigenvalue weighted by Gasteiger charge is -2.63. The number of hydrogen-bond donors (Lipinski definition) is 0. The second-order valence-electron chi connectivity index (χ2n) is 12.8. The first-order valence-corrected chi connectivity index (χ1v) is 15.0. The standard InChI is InChI=1S/C35H42O8/c1-22-20-28(42-32(38)26-17-11-8-12-18-26)31(41-24(3)37)34(6)29(39-19-13-16-25-14-9-7-10-15-25)21-27-30(40-23(2)36)35(22,34)43-33(27,4)5/h7-18,22,27-31H,19-21H2,1-6H3/b16-13+/t22-,27-,28+,29+,30-,31+,34-,35-/m1/s1. The normalized spacial score (nSPS) is 34.3. The predicted molar refractivity (Wildman–Crippen MR) is 160 cm³/mol. The molecule has 1 heterocycles. The summed E-state index contributed by atoms with van der Waals surface area (Å²) in [5.74, 6) is -1.84. The molecule has 3 fully saturated rings. The Balaban J connectivity index is 1.57. The minimum atomic E-state index is -1.07. The summed E-state index contributed by atoms with van der Waals surface area (Å²) in [7, 11) is 0. The summed E-state index contributed by atoms with van der Waals surface area (Å²) in [6.07, 6.45) is 1.99. The SMILES string of the molecule is CC(=O)O[C@@H]1[C@H]2C[C@H](OC/C=C/c3ccccc3)[C@]3(C)[C@@H](OC(C)=O)[C@@H](OC(=O)c4ccccc4)C[C@@H](C)[C@@]13OC2(C)C. The van der Waals surface area contributed by atoms with Crippen molar-refractivity contribution in [2.75, 3.05) is 6.61 Å². The third-order valence-electron chi connectivity index (χ3n) is 9.70. The summed E-state index contributed by atoms with van der Waals surface area (Å²) in [6.45, 7) is 11.1. The van der Waals surface area contributed by atoms with Gasteiger partial charge in [-0.2, -0.15) is 0 Å². The van der Waals surface area contributed by atoms with Crippen molar-refractivity contribution in [3.05, 3.63) is 77.9 Å². The van der Waals surface area contributed by atoms with E-state index in [1.807, 2.05) is 76.2 Å². The Hall–Kier alpha value is -3.49. The number of fused-ring (bicyclic) bond motifs is 1. The van der Waals surface area contributed by atoms with Gasteiger partial charge in [0, 0.05) is 19.8 Å². The third-order valence-corrected chi connectivity index (χ3v) is 9.70.